The lowest BCUT2D eigenvalue weighted by atomic mass is 9.99. The van der Waals surface area contributed by atoms with Crippen LogP contribution in [0.25, 0.3) is 0 Å². The van der Waals surface area contributed by atoms with Crippen molar-refractivity contribution in [2.45, 2.75) is 71.6 Å². The Balaban J connectivity index is 2.38. The lowest BCUT2D eigenvalue weighted by Crippen LogP contribution is -1.93. The monoisotopic (exact) mass is 222 g/mol. The molecule has 92 valence electrons. The van der Waals surface area contributed by atoms with Crippen LogP contribution >= 0.6 is 0 Å². The van der Waals surface area contributed by atoms with Crippen LogP contribution in [0.1, 0.15) is 71.6 Å². The Morgan fingerprint density at radius 2 is 1.69 bits per heavy atom. The molecule has 1 nitrogen and oxygen atoms in total. The zero-order valence-electron chi connectivity index (χ0n) is 10.9. The average molecular weight is 222 g/mol. The van der Waals surface area contributed by atoms with Gasteiger partial charge in [-0.3, -0.25) is 0 Å². The highest BCUT2D eigenvalue weighted by Gasteiger charge is 2.10. The zero-order valence-corrected chi connectivity index (χ0v) is 10.9. The normalized spacial score (nSPS) is 14.2. The minimum absolute atomic E-state index is 1.02. The Bertz CT molecular complexity index is 216. The van der Waals surface area contributed by atoms with Gasteiger partial charge in [0.05, 0.1) is 6.26 Å². The highest BCUT2D eigenvalue weighted by atomic mass is 16.5. The van der Waals surface area contributed by atoms with Crippen LogP contribution in [0.2, 0.25) is 0 Å². The van der Waals surface area contributed by atoms with Crippen molar-refractivity contribution in [3.8, 4) is 0 Å². The predicted octanol–water partition coefficient (Wildman–Crippen LogP) is 5.34. The van der Waals surface area contributed by atoms with Crippen molar-refractivity contribution in [2.75, 3.05) is 0 Å². The van der Waals surface area contributed by atoms with E-state index in [2.05, 4.69) is 19.9 Å². The van der Waals surface area contributed by atoms with Crippen molar-refractivity contribution in [2.24, 2.45) is 0 Å². The summed E-state index contributed by atoms with van der Waals surface area (Å²) in [4.78, 5) is 0. The summed E-state index contributed by atoms with van der Waals surface area (Å²) < 4.78 is 5.58. The molecule has 1 rings (SSSR count). The summed E-state index contributed by atoms with van der Waals surface area (Å²) in [6, 6.07) is 0. The third kappa shape index (κ3) is 4.87. The molecule has 0 radical (unpaired) electrons. The third-order valence-corrected chi connectivity index (χ3v) is 3.17. The van der Waals surface area contributed by atoms with E-state index in [0.29, 0.717) is 0 Å². The second-order valence-corrected chi connectivity index (χ2v) is 4.63. The standard InChI is InChI=1S/C15H26O/c1-3-5-7-10-14(11-8-6-4-2)15-12-9-13-16-15/h9,13H,3-8,10-12H2,1-2H3. The number of hydrogen-bond acceptors (Lipinski definition) is 1. The van der Waals surface area contributed by atoms with E-state index >= 15 is 0 Å². The Morgan fingerprint density at radius 3 is 2.12 bits per heavy atom. The van der Waals surface area contributed by atoms with Gasteiger partial charge in [0.25, 0.3) is 0 Å². The van der Waals surface area contributed by atoms with Crippen LogP contribution in [-0.4, -0.2) is 0 Å². The van der Waals surface area contributed by atoms with Gasteiger partial charge in [0, 0.05) is 6.42 Å². The van der Waals surface area contributed by atoms with Gasteiger partial charge >= 0.3 is 0 Å². The first-order valence-electron chi connectivity index (χ1n) is 6.91. The maximum Gasteiger partial charge on any atom is 0.106 e. The Morgan fingerprint density at radius 1 is 1.06 bits per heavy atom. The summed E-state index contributed by atoms with van der Waals surface area (Å²) in [7, 11) is 0. The van der Waals surface area contributed by atoms with E-state index in [9.17, 15) is 0 Å². The fraction of sp³-hybridized carbons (Fsp3) is 0.733. The summed E-state index contributed by atoms with van der Waals surface area (Å²) >= 11 is 0. The first kappa shape index (κ1) is 13.3. The molecular formula is C15H26O. The molecular weight excluding hydrogens is 196 g/mol. The minimum atomic E-state index is 1.02. The van der Waals surface area contributed by atoms with Gasteiger partial charge in [-0.1, -0.05) is 39.5 Å². The topological polar surface area (TPSA) is 9.23 Å². The molecule has 16 heavy (non-hydrogen) atoms. The molecule has 0 aliphatic carbocycles. The molecule has 0 aromatic rings. The fourth-order valence-electron chi connectivity index (χ4n) is 2.14. The maximum atomic E-state index is 5.58. The number of allylic oxidation sites excluding steroid dienone is 2. The molecule has 1 aliphatic heterocycles. The molecule has 0 fully saturated rings. The van der Waals surface area contributed by atoms with Crippen LogP contribution in [0.4, 0.5) is 0 Å². The largest absolute Gasteiger partial charge is 0.469 e. The Kier molecular flexibility index (Phi) is 7.03. The quantitative estimate of drug-likeness (QED) is 0.504. The van der Waals surface area contributed by atoms with Crippen molar-refractivity contribution in [3.63, 3.8) is 0 Å². The van der Waals surface area contributed by atoms with Crippen LogP contribution in [0.3, 0.4) is 0 Å². The van der Waals surface area contributed by atoms with Crippen molar-refractivity contribution in [3.05, 3.63) is 23.7 Å². The van der Waals surface area contributed by atoms with E-state index in [0.717, 1.165) is 6.42 Å². The van der Waals surface area contributed by atoms with E-state index in [-0.39, 0.29) is 0 Å². The number of hydrogen-bond donors (Lipinski definition) is 0. The highest BCUT2D eigenvalue weighted by Crippen LogP contribution is 2.26. The van der Waals surface area contributed by atoms with Gasteiger partial charge in [-0.2, -0.15) is 0 Å². The molecule has 1 heterocycles. The molecule has 0 saturated carbocycles. The van der Waals surface area contributed by atoms with E-state index in [1.807, 2.05) is 6.26 Å². The van der Waals surface area contributed by atoms with Crippen LogP contribution in [0, 0.1) is 0 Å². The molecule has 0 saturated heterocycles. The van der Waals surface area contributed by atoms with Crippen LogP contribution in [-0.2, 0) is 4.74 Å². The highest BCUT2D eigenvalue weighted by molar-refractivity contribution is 5.16. The first-order valence-corrected chi connectivity index (χ1v) is 6.91. The summed E-state index contributed by atoms with van der Waals surface area (Å²) in [5, 5.41) is 0. The van der Waals surface area contributed by atoms with Gasteiger partial charge < -0.3 is 4.74 Å². The summed E-state index contributed by atoms with van der Waals surface area (Å²) in [5.74, 6) is 1.24. The van der Waals surface area contributed by atoms with Gasteiger partial charge in [-0.05, 0) is 37.3 Å². The smallest absolute Gasteiger partial charge is 0.106 e. The first-order chi connectivity index (χ1) is 7.88. The number of ether oxygens (including phenoxy) is 1. The molecule has 0 atom stereocenters. The molecule has 0 aromatic heterocycles. The van der Waals surface area contributed by atoms with E-state index in [1.54, 1.807) is 5.57 Å². The molecule has 0 bridgehead atoms. The van der Waals surface area contributed by atoms with Gasteiger partial charge in [0.15, 0.2) is 0 Å². The Hall–Kier alpha value is -0.720. The Labute approximate surface area is 101 Å². The molecule has 1 heteroatoms. The lowest BCUT2D eigenvalue weighted by Gasteiger charge is -2.10. The second kappa shape index (κ2) is 8.43. The van der Waals surface area contributed by atoms with Crippen molar-refractivity contribution in [1.82, 2.24) is 0 Å². The predicted molar refractivity (Wildman–Crippen MR) is 70.2 cm³/mol. The second-order valence-electron chi connectivity index (χ2n) is 4.63. The van der Waals surface area contributed by atoms with E-state index in [4.69, 9.17) is 4.74 Å². The zero-order chi connectivity index (χ0) is 11.6. The van der Waals surface area contributed by atoms with Crippen molar-refractivity contribution < 1.29 is 4.74 Å². The summed E-state index contributed by atoms with van der Waals surface area (Å²) in [5.41, 5.74) is 1.58. The molecule has 0 N–H and O–H groups in total. The van der Waals surface area contributed by atoms with Crippen LogP contribution < -0.4 is 0 Å². The molecule has 0 unspecified atom stereocenters. The van der Waals surface area contributed by atoms with Crippen molar-refractivity contribution in [1.29, 1.82) is 0 Å². The fourth-order valence-corrected chi connectivity index (χ4v) is 2.14. The minimum Gasteiger partial charge on any atom is -0.469 e. The van der Waals surface area contributed by atoms with Crippen molar-refractivity contribution >= 4 is 0 Å². The van der Waals surface area contributed by atoms with E-state index in [1.165, 1.54) is 57.1 Å². The lowest BCUT2D eigenvalue weighted by molar-refractivity contribution is 0.355. The maximum absolute atomic E-state index is 5.58. The summed E-state index contributed by atoms with van der Waals surface area (Å²) in [6.45, 7) is 4.52. The molecule has 0 amide bonds. The molecule has 0 aromatic carbocycles. The van der Waals surface area contributed by atoms with Gasteiger partial charge in [-0.25, -0.2) is 0 Å². The number of rotatable bonds is 8. The summed E-state index contributed by atoms with van der Waals surface area (Å²) in [6.07, 6.45) is 15.4. The van der Waals surface area contributed by atoms with E-state index < -0.39 is 0 Å². The van der Waals surface area contributed by atoms with Crippen LogP contribution in [0.5, 0.6) is 0 Å². The number of unbranched alkanes of at least 4 members (excludes halogenated alkanes) is 4. The van der Waals surface area contributed by atoms with Crippen LogP contribution in [0.15, 0.2) is 23.7 Å². The average Bonchev–Trinajstić information content (AvgIpc) is 2.81. The van der Waals surface area contributed by atoms with Gasteiger partial charge in [-0.15, -0.1) is 0 Å². The van der Waals surface area contributed by atoms with Gasteiger partial charge in [0.1, 0.15) is 5.76 Å². The SMILES string of the molecule is CCCCCC(CCCCC)=C1CC=CO1. The third-order valence-electron chi connectivity index (χ3n) is 3.17. The molecule has 1 aliphatic rings. The van der Waals surface area contributed by atoms with Gasteiger partial charge in [0.2, 0.25) is 0 Å². The molecule has 0 spiro atoms.